The molecular weight excluding hydrogens is 306 g/mol. The molecule has 1 N–H and O–H groups in total. The molecule has 2 aromatic rings. The van der Waals surface area contributed by atoms with E-state index in [0.717, 1.165) is 22.7 Å². The normalized spacial score (nSPS) is 20.4. The summed E-state index contributed by atoms with van der Waals surface area (Å²) in [6, 6.07) is 8.02. The summed E-state index contributed by atoms with van der Waals surface area (Å²) in [6.07, 6.45) is 0. The van der Waals surface area contributed by atoms with Crippen molar-refractivity contribution >= 4 is 34.7 Å². The van der Waals surface area contributed by atoms with E-state index in [-0.39, 0.29) is 11.2 Å². The molecule has 1 aromatic carbocycles. The van der Waals surface area contributed by atoms with Gasteiger partial charge in [0.25, 0.3) is 0 Å². The lowest BCUT2D eigenvalue weighted by Gasteiger charge is -2.21. The Hall–Kier alpha value is -1.66. The summed E-state index contributed by atoms with van der Waals surface area (Å²) in [5, 5.41) is 5.12. The second-order valence-corrected chi connectivity index (χ2v) is 6.88. The van der Waals surface area contributed by atoms with Crippen molar-refractivity contribution in [2.75, 3.05) is 24.3 Å². The van der Waals surface area contributed by atoms with Gasteiger partial charge in [-0.3, -0.25) is 4.79 Å². The van der Waals surface area contributed by atoms with Gasteiger partial charge in [-0.25, -0.2) is 0 Å². The number of hydrogen-bond acceptors (Lipinski definition) is 5. The van der Waals surface area contributed by atoms with Crippen LogP contribution in [0, 0.1) is 0 Å². The molecule has 0 radical (unpaired) electrons. The molecule has 108 valence electrons. The highest BCUT2D eigenvalue weighted by Gasteiger charge is 2.26. The molecule has 1 amide bonds. The van der Waals surface area contributed by atoms with Gasteiger partial charge in [0.1, 0.15) is 13.2 Å². The van der Waals surface area contributed by atoms with E-state index in [1.165, 1.54) is 4.88 Å². The zero-order valence-corrected chi connectivity index (χ0v) is 12.8. The van der Waals surface area contributed by atoms with Crippen LogP contribution in [0.1, 0.15) is 15.7 Å². The van der Waals surface area contributed by atoms with Gasteiger partial charge in [-0.15, -0.1) is 23.1 Å². The third-order valence-electron chi connectivity index (χ3n) is 3.46. The van der Waals surface area contributed by atoms with E-state index in [9.17, 15) is 4.79 Å². The number of benzene rings is 1. The fourth-order valence-corrected chi connectivity index (χ4v) is 4.75. The van der Waals surface area contributed by atoms with Crippen LogP contribution >= 0.6 is 23.1 Å². The van der Waals surface area contributed by atoms with Gasteiger partial charge in [0.15, 0.2) is 11.5 Å². The van der Waals surface area contributed by atoms with Crippen LogP contribution in [-0.2, 0) is 4.79 Å². The first kappa shape index (κ1) is 13.0. The average molecular weight is 319 g/mol. The van der Waals surface area contributed by atoms with E-state index in [0.29, 0.717) is 19.0 Å². The molecule has 2 aliphatic rings. The Morgan fingerprint density at radius 3 is 2.90 bits per heavy atom. The SMILES string of the molecule is O=C1CS[C@H](c2ccc3c(c2)OCCO3)c2sccc2N1. The van der Waals surface area contributed by atoms with Crippen molar-refractivity contribution in [3.8, 4) is 11.5 Å². The molecule has 1 atom stereocenters. The molecule has 6 heteroatoms. The number of amides is 1. The summed E-state index contributed by atoms with van der Waals surface area (Å²) in [5.41, 5.74) is 2.07. The minimum atomic E-state index is 0.0553. The number of hydrogen-bond donors (Lipinski definition) is 1. The largest absolute Gasteiger partial charge is 0.486 e. The second kappa shape index (κ2) is 5.27. The maximum absolute atomic E-state index is 11.8. The van der Waals surface area contributed by atoms with Crippen LogP contribution in [0.4, 0.5) is 5.69 Å². The van der Waals surface area contributed by atoms with Gasteiger partial charge in [0.05, 0.1) is 16.7 Å². The first-order chi connectivity index (χ1) is 10.3. The molecule has 0 bridgehead atoms. The van der Waals surface area contributed by atoms with Crippen molar-refractivity contribution < 1.29 is 14.3 Å². The number of rotatable bonds is 1. The Balaban J connectivity index is 1.75. The van der Waals surface area contributed by atoms with Crippen molar-refractivity contribution in [3.05, 3.63) is 40.1 Å². The number of fused-ring (bicyclic) bond motifs is 2. The van der Waals surface area contributed by atoms with Crippen molar-refractivity contribution in [1.29, 1.82) is 0 Å². The third-order valence-corrected chi connectivity index (χ3v) is 5.86. The van der Waals surface area contributed by atoms with Crippen LogP contribution < -0.4 is 14.8 Å². The molecule has 2 aliphatic heterocycles. The Bertz CT molecular complexity index is 698. The maximum Gasteiger partial charge on any atom is 0.234 e. The molecule has 0 aliphatic carbocycles. The standard InChI is InChI=1S/C15H13NO3S2/c17-13-8-21-14(15-10(16-13)3-6-20-15)9-1-2-11-12(7-9)19-5-4-18-11/h1-3,6-7,14H,4-5,8H2,(H,16,17)/t14-/m1/s1. The first-order valence-electron chi connectivity index (χ1n) is 6.69. The summed E-state index contributed by atoms with van der Waals surface area (Å²) in [6.45, 7) is 1.18. The quantitative estimate of drug-likeness (QED) is 0.876. The van der Waals surface area contributed by atoms with E-state index in [1.54, 1.807) is 23.1 Å². The van der Waals surface area contributed by atoms with Gasteiger partial charge in [0, 0.05) is 4.88 Å². The highest BCUT2D eigenvalue weighted by Crippen LogP contribution is 2.46. The predicted molar refractivity (Wildman–Crippen MR) is 84.7 cm³/mol. The number of carbonyl (C=O) groups excluding carboxylic acids is 1. The predicted octanol–water partition coefficient (Wildman–Crippen LogP) is 3.29. The molecule has 0 fully saturated rings. The van der Waals surface area contributed by atoms with E-state index in [4.69, 9.17) is 9.47 Å². The van der Waals surface area contributed by atoms with Crippen LogP contribution in [0.15, 0.2) is 29.6 Å². The monoisotopic (exact) mass is 319 g/mol. The van der Waals surface area contributed by atoms with Crippen LogP contribution in [0.3, 0.4) is 0 Å². The van der Waals surface area contributed by atoms with Crippen LogP contribution in [0.5, 0.6) is 11.5 Å². The van der Waals surface area contributed by atoms with Crippen LogP contribution in [0.25, 0.3) is 0 Å². The molecule has 3 heterocycles. The molecule has 21 heavy (non-hydrogen) atoms. The van der Waals surface area contributed by atoms with Gasteiger partial charge >= 0.3 is 0 Å². The second-order valence-electron chi connectivity index (χ2n) is 4.84. The smallest absolute Gasteiger partial charge is 0.234 e. The van der Waals surface area contributed by atoms with Gasteiger partial charge < -0.3 is 14.8 Å². The summed E-state index contributed by atoms with van der Waals surface area (Å²) in [5.74, 6) is 2.10. The summed E-state index contributed by atoms with van der Waals surface area (Å²) < 4.78 is 11.2. The number of anilines is 1. The molecule has 4 rings (SSSR count). The maximum atomic E-state index is 11.8. The summed E-state index contributed by atoms with van der Waals surface area (Å²) >= 11 is 3.32. The van der Waals surface area contributed by atoms with E-state index in [1.807, 2.05) is 23.6 Å². The van der Waals surface area contributed by atoms with Gasteiger partial charge in [-0.2, -0.15) is 0 Å². The molecule has 0 spiro atoms. The van der Waals surface area contributed by atoms with E-state index in [2.05, 4.69) is 11.4 Å². The van der Waals surface area contributed by atoms with Crippen molar-refractivity contribution in [1.82, 2.24) is 0 Å². The van der Waals surface area contributed by atoms with E-state index >= 15 is 0 Å². The Morgan fingerprint density at radius 1 is 1.14 bits per heavy atom. The number of nitrogens with one attached hydrogen (secondary N) is 1. The average Bonchev–Trinajstić information content (AvgIpc) is 2.89. The Labute approximate surface area is 130 Å². The number of thiophene rings is 1. The van der Waals surface area contributed by atoms with Crippen molar-refractivity contribution in [3.63, 3.8) is 0 Å². The lowest BCUT2D eigenvalue weighted by Crippen LogP contribution is -2.15. The first-order valence-corrected chi connectivity index (χ1v) is 8.62. The highest BCUT2D eigenvalue weighted by molar-refractivity contribution is 8.00. The van der Waals surface area contributed by atoms with Gasteiger partial charge in [-0.1, -0.05) is 6.07 Å². The van der Waals surface area contributed by atoms with E-state index < -0.39 is 0 Å². The number of ether oxygens (including phenoxy) is 2. The molecular formula is C15H13NO3S2. The highest BCUT2D eigenvalue weighted by atomic mass is 32.2. The summed E-state index contributed by atoms with van der Waals surface area (Å²) in [4.78, 5) is 13.0. The van der Waals surface area contributed by atoms with Gasteiger partial charge in [-0.05, 0) is 29.1 Å². The summed E-state index contributed by atoms with van der Waals surface area (Å²) in [7, 11) is 0. The van der Waals surface area contributed by atoms with Crippen LogP contribution in [0.2, 0.25) is 0 Å². The Kier molecular flexibility index (Phi) is 3.27. The molecule has 4 nitrogen and oxygen atoms in total. The zero-order chi connectivity index (χ0) is 14.2. The number of carbonyl (C=O) groups is 1. The third kappa shape index (κ3) is 2.38. The minimum Gasteiger partial charge on any atom is -0.486 e. The lowest BCUT2D eigenvalue weighted by molar-refractivity contribution is -0.113. The molecule has 0 unspecified atom stereocenters. The molecule has 0 saturated carbocycles. The Morgan fingerprint density at radius 2 is 2.00 bits per heavy atom. The fraction of sp³-hybridized carbons (Fsp3) is 0.267. The lowest BCUT2D eigenvalue weighted by atomic mass is 10.1. The van der Waals surface area contributed by atoms with Crippen molar-refractivity contribution in [2.24, 2.45) is 0 Å². The van der Waals surface area contributed by atoms with Crippen molar-refractivity contribution in [2.45, 2.75) is 5.25 Å². The zero-order valence-electron chi connectivity index (χ0n) is 11.1. The topological polar surface area (TPSA) is 47.6 Å². The fourth-order valence-electron chi connectivity index (χ4n) is 2.52. The number of thioether (sulfide) groups is 1. The van der Waals surface area contributed by atoms with Gasteiger partial charge in [0.2, 0.25) is 5.91 Å². The van der Waals surface area contributed by atoms with Crippen LogP contribution in [-0.4, -0.2) is 24.9 Å². The minimum absolute atomic E-state index is 0.0553. The molecule has 1 aromatic heterocycles. The molecule has 0 saturated heterocycles.